The van der Waals surface area contributed by atoms with Crippen LogP contribution in [0.1, 0.15) is 129 Å². The second-order valence-electron chi connectivity index (χ2n) is 29.2. The molecule has 0 fully saturated rings. The van der Waals surface area contributed by atoms with Crippen LogP contribution < -0.4 is 22.1 Å². The lowest BCUT2D eigenvalue weighted by atomic mass is 10.0. The molecule has 7 N–H and O–H groups in total. The van der Waals surface area contributed by atoms with E-state index in [0.29, 0.717) is 370 Å². The van der Waals surface area contributed by atoms with Crippen molar-refractivity contribution in [1.82, 2.24) is 10.6 Å². The van der Waals surface area contributed by atoms with Crippen molar-refractivity contribution >= 4 is 47.2 Å². The summed E-state index contributed by atoms with van der Waals surface area (Å²) in [7, 11) is 0. The Morgan fingerprint density at radius 2 is 0.530 bits per heavy atom. The van der Waals surface area contributed by atoms with Crippen molar-refractivity contribution in [3.05, 3.63) is 0 Å². The molecule has 41 nitrogen and oxygen atoms in total. The third-order valence-corrected chi connectivity index (χ3v) is 19.2. The molecule has 0 aromatic rings. The van der Waals surface area contributed by atoms with E-state index in [-0.39, 0.29) is 74.6 Å². The van der Waals surface area contributed by atoms with Crippen LogP contribution in [0.25, 0.3) is 0 Å². The number of nitrogens with two attached hydrogens (primary N) is 2. The normalized spacial score (nSPS) is 12.3. The van der Waals surface area contributed by atoms with Crippen molar-refractivity contribution in [3.63, 3.8) is 0 Å². The van der Waals surface area contributed by atoms with Gasteiger partial charge in [-0.1, -0.05) is 90.9 Å². The maximum Gasteiger partial charge on any atom is 0.306 e. The zero-order chi connectivity index (χ0) is 95.4. The topological polar surface area (TPSA) is 476 Å². The summed E-state index contributed by atoms with van der Waals surface area (Å²) in [6.45, 7) is 27.6. The molecular formula is C90H174N4O37S. The minimum Gasteiger partial charge on any atom is -0.462 e. The summed E-state index contributed by atoms with van der Waals surface area (Å²) in [4.78, 5) is 72.3. The van der Waals surface area contributed by atoms with Crippen molar-refractivity contribution in [2.45, 2.75) is 148 Å². The number of hydrogen-bond donors (Lipinski definition) is 5. The number of primary amides is 1. The molecule has 3 atom stereocenters. The molecule has 0 heterocycles. The second-order valence-corrected chi connectivity index (χ2v) is 30.3. The summed E-state index contributed by atoms with van der Waals surface area (Å²) in [6, 6.07) is -2.12. The van der Waals surface area contributed by atoms with Crippen LogP contribution in [0, 0.1) is 0 Å². The number of amides is 3. The fourth-order valence-corrected chi connectivity index (χ4v) is 11.8. The van der Waals surface area contributed by atoms with Crippen molar-refractivity contribution in [1.29, 1.82) is 0 Å². The summed E-state index contributed by atoms with van der Waals surface area (Å²) in [6.07, 6.45) is 16.0. The van der Waals surface area contributed by atoms with E-state index in [9.17, 15) is 33.9 Å². The SMILES string of the molecule is CCCCCCCCCCCCCCCC(=O)O[C@H](COC(=O)CC)CSC[C@H](N)C(=O)N[C@@H](CO)C(=O)CCCOCCOCCOCCOCCOCCOCCOCCOCCOCCOCCOCCOCCOCCOCCOCCOCCOCCOCCOCCOCCOCCOCCOCCOCCOCCOCCOCCOCCC(=O)NCC(N)=O. The Labute approximate surface area is 790 Å². The number of esters is 2. The number of rotatable bonds is 116. The number of unbranched alkanes of at least 4 members (excludes halogenated alkanes) is 12. The number of ketones is 1. The van der Waals surface area contributed by atoms with E-state index in [2.05, 4.69) is 17.6 Å². The Morgan fingerprint density at radius 1 is 0.288 bits per heavy atom. The molecule has 0 unspecified atom stereocenters. The van der Waals surface area contributed by atoms with Crippen LogP contribution >= 0.6 is 11.8 Å². The first kappa shape index (κ1) is 128. The minimum atomic E-state index is -1.11. The summed E-state index contributed by atoms with van der Waals surface area (Å²) < 4.78 is 166. The summed E-state index contributed by atoms with van der Waals surface area (Å²) in [5, 5.41) is 14.8. The van der Waals surface area contributed by atoms with Crippen LogP contribution in [0.2, 0.25) is 0 Å². The van der Waals surface area contributed by atoms with Crippen molar-refractivity contribution in [2.24, 2.45) is 11.5 Å². The molecule has 782 valence electrons. The van der Waals surface area contributed by atoms with Gasteiger partial charge in [0.1, 0.15) is 18.8 Å². The van der Waals surface area contributed by atoms with Crippen LogP contribution in [-0.4, -0.2) is 460 Å². The van der Waals surface area contributed by atoms with Gasteiger partial charge in [-0.3, -0.25) is 28.8 Å². The third-order valence-electron chi connectivity index (χ3n) is 18.0. The van der Waals surface area contributed by atoms with Crippen molar-refractivity contribution in [2.75, 3.05) is 401 Å². The first-order valence-corrected chi connectivity index (χ1v) is 49.0. The van der Waals surface area contributed by atoms with Crippen LogP contribution in [0.3, 0.4) is 0 Å². The zero-order valence-electron chi connectivity index (χ0n) is 80.3. The Hall–Kier alpha value is -3.83. The molecule has 0 aromatic carbocycles. The van der Waals surface area contributed by atoms with Crippen molar-refractivity contribution < 1.29 is 176 Å². The highest BCUT2D eigenvalue weighted by Gasteiger charge is 2.25. The fraction of sp³-hybridized carbons (Fsp3) is 0.933. The third kappa shape index (κ3) is 105. The summed E-state index contributed by atoms with van der Waals surface area (Å²) in [5.74, 6) is -2.20. The number of thioether (sulfide) groups is 1. The van der Waals surface area contributed by atoms with Gasteiger partial charge in [0.15, 0.2) is 5.78 Å². The van der Waals surface area contributed by atoms with Gasteiger partial charge in [0.2, 0.25) is 17.7 Å². The van der Waals surface area contributed by atoms with Gasteiger partial charge in [-0.15, -0.1) is 0 Å². The average Bonchev–Trinajstić information content (AvgIpc) is 0.904. The quantitative estimate of drug-likeness (QED) is 0.0428. The number of hydrogen-bond acceptors (Lipinski definition) is 39. The van der Waals surface area contributed by atoms with E-state index in [4.69, 9.17) is 154 Å². The van der Waals surface area contributed by atoms with Crippen LogP contribution in [0.15, 0.2) is 0 Å². The molecule has 0 spiro atoms. The molecular weight excluding hydrogens is 1760 g/mol. The molecule has 0 saturated carbocycles. The predicted molar refractivity (Wildman–Crippen MR) is 490 cm³/mol. The lowest BCUT2D eigenvalue weighted by Gasteiger charge is -2.20. The number of ether oxygens (including phenoxy) is 30. The zero-order valence-corrected chi connectivity index (χ0v) is 81.1. The Kier molecular flexibility index (Phi) is 108. The standard InChI is InChI=1S/C90H174N4O37S/c1-3-5-6-7-8-9-10-11-12-13-14-15-16-19-89(100)131-82(79-130-88(99)4-2)80-132-81-83(91)90(101)94-84(78-95)85(96)18-17-21-102-23-25-104-27-29-106-31-33-108-35-37-110-39-41-112-43-45-114-47-49-116-51-53-118-55-57-120-59-61-122-63-65-124-67-69-126-71-73-128-75-76-129-74-72-127-70-68-125-66-64-123-62-60-121-58-56-119-54-52-117-50-48-115-46-44-113-42-40-111-38-36-109-34-32-107-30-28-105-26-24-103-22-20-87(98)93-77-86(92)97/h82-84,95H,3-81,91H2,1-2H3,(H2,92,97)(H,93,98)(H,94,101)/t82-,83+,84+/m1/s1. The highest BCUT2D eigenvalue weighted by Crippen LogP contribution is 2.16. The molecule has 0 aliphatic heterocycles. The van der Waals surface area contributed by atoms with Gasteiger partial charge in [-0.25, -0.2) is 0 Å². The molecule has 0 rings (SSSR count). The van der Waals surface area contributed by atoms with Crippen LogP contribution in [-0.2, 0) is 171 Å². The van der Waals surface area contributed by atoms with Gasteiger partial charge in [-0.05, 0) is 12.8 Å². The van der Waals surface area contributed by atoms with Gasteiger partial charge >= 0.3 is 11.9 Å². The Bertz CT molecular complexity index is 2410. The van der Waals surface area contributed by atoms with E-state index in [1.54, 1.807) is 6.92 Å². The lowest BCUT2D eigenvalue weighted by molar-refractivity contribution is -0.157. The molecule has 0 bridgehead atoms. The van der Waals surface area contributed by atoms with Crippen molar-refractivity contribution in [3.8, 4) is 0 Å². The van der Waals surface area contributed by atoms with Gasteiger partial charge in [0, 0.05) is 43.8 Å². The first-order valence-electron chi connectivity index (χ1n) is 47.9. The highest BCUT2D eigenvalue weighted by molar-refractivity contribution is 7.99. The summed E-state index contributed by atoms with van der Waals surface area (Å²) >= 11 is 1.27. The van der Waals surface area contributed by atoms with Crippen LogP contribution in [0.4, 0.5) is 0 Å². The molecule has 0 saturated heterocycles. The fourth-order valence-electron chi connectivity index (χ4n) is 10.8. The number of carbonyl (C=O) groups excluding carboxylic acids is 6. The number of Topliss-reactive ketones (excluding diaryl/α,β-unsaturated/α-hetero) is 1. The van der Waals surface area contributed by atoms with E-state index < -0.39 is 42.6 Å². The van der Waals surface area contributed by atoms with E-state index in [1.165, 1.54) is 69.5 Å². The maximum absolute atomic E-state index is 12.9. The summed E-state index contributed by atoms with van der Waals surface area (Å²) in [5.41, 5.74) is 11.1. The van der Waals surface area contributed by atoms with Gasteiger partial charge < -0.3 is 169 Å². The maximum atomic E-state index is 12.9. The smallest absolute Gasteiger partial charge is 0.306 e. The molecule has 132 heavy (non-hydrogen) atoms. The molecule has 0 aromatic heterocycles. The van der Waals surface area contributed by atoms with Gasteiger partial charge in [0.25, 0.3) is 0 Å². The Balaban J connectivity index is 3.35. The molecule has 3 amide bonds. The number of aliphatic hydroxyl groups excluding tert-OH is 1. The monoisotopic (exact) mass is 1940 g/mol. The van der Waals surface area contributed by atoms with Gasteiger partial charge in [0.05, 0.1) is 383 Å². The highest BCUT2D eigenvalue weighted by atomic mass is 32.2. The average molecular weight is 1940 g/mol. The molecule has 0 aliphatic carbocycles. The second kappa shape index (κ2) is 111. The number of aliphatic hydroxyl groups is 1. The Morgan fingerprint density at radius 3 is 0.773 bits per heavy atom. The lowest BCUT2D eigenvalue weighted by Crippen LogP contribution is -2.51. The molecule has 0 radical (unpaired) electrons. The molecule has 42 heteroatoms. The first-order chi connectivity index (χ1) is 65.0. The van der Waals surface area contributed by atoms with Gasteiger partial charge in [-0.2, -0.15) is 11.8 Å². The number of nitrogens with one attached hydrogen (secondary N) is 2. The van der Waals surface area contributed by atoms with Crippen LogP contribution in [0.5, 0.6) is 0 Å². The van der Waals surface area contributed by atoms with E-state index in [1.807, 2.05) is 0 Å². The predicted octanol–water partition coefficient (Wildman–Crippen LogP) is 3.68. The van der Waals surface area contributed by atoms with E-state index >= 15 is 0 Å². The largest absolute Gasteiger partial charge is 0.462 e. The number of carbonyl (C=O) groups is 6. The van der Waals surface area contributed by atoms with E-state index in [0.717, 1.165) is 25.7 Å². The minimum absolute atomic E-state index is 0.0802. The molecule has 0 aliphatic rings.